The molecular weight excluding hydrogens is 338 g/mol. The fourth-order valence-corrected chi connectivity index (χ4v) is 3.44. The molecule has 3 rings (SSSR count). The van der Waals surface area contributed by atoms with Gasteiger partial charge in [0, 0.05) is 38.1 Å². The Morgan fingerprint density at radius 3 is 2.74 bits per heavy atom. The van der Waals surface area contributed by atoms with Crippen LogP contribution in [0, 0.1) is 0 Å². The second-order valence-corrected chi connectivity index (χ2v) is 7.12. The summed E-state index contributed by atoms with van der Waals surface area (Å²) in [6, 6.07) is 10.9. The molecular formula is C22H31N3O2. The van der Waals surface area contributed by atoms with E-state index in [2.05, 4.69) is 40.3 Å². The lowest BCUT2D eigenvalue weighted by Crippen LogP contribution is -2.38. The van der Waals surface area contributed by atoms with Crippen molar-refractivity contribution in [1.82, 2.24) is 9.88 Å². The molecule has 0 spiro atoms. The molecule has 146 valence electrons. The first-order chi connectivity index (χ1) is 13.3. The van der Waals surface area contributed by atoms with Crippen LogP contribution in [0.5, 0.6) is 11.5 Å². The van der Waals surface area contributed by atoms with Crippen molar-refractivity contribution >= 4 is 5.69 Å². The second kappa shape index (κ2) is 10.2. The van der Waals surface area contributed by atoms with Gasteiger partial charge in [-0.3, -0.25) is 9.88 Å². The minimum Gasteiger partial charge on any atom is -0.493 e. The first kappa shape index (κ1) is 19.5. The minimum absolute atomic E-state index is 0.522. The maximum absolute atomic E-state index is 5.92. The minimum atomic E-state index is 0.522. The molecule has 0 amide bonds. The Labute approximate surface area is 162 Å². The number of ether oxygens (including phenoxy) is 2. The highest BCUT2D eigenvalue weighted by atomic mass is 16.5. The molecule has 2 aromatic rings. The van der Waals surface area contributed by atoms with Crippen LogP contribution >= 0.6 is 0 Å². The van der Waals surface area contributed by atoms with Gasteiger partial charge in [0.05, 0.1) is 19.4 Å². The van der Waals surface area contributed by atoms with Crippen molar-refractivity contribution in [2.75, 3.05) is 32.1 Å². The van der Waals surface area contributed by atoms with Gasteiger partial charge in [-0.25, -0.2) is 0 Å². The predicted molar refractivity (Wildman–Crippen MR) is 110 cm³/mol. The molecule has 1 fully saturated rings. The summed E-state index contributed by atoms with van der Waals surface area (Å²) in [5, 5.41) is 3.59. The van der Waals surface area contributed by atoms with Gasteiger partial charge in [0.15, 0.2) is 11.5 Å². The molecule has 27 heavy (non-hydrogen) atoms. The van der Waals surface area contributed by atoms with Crippen molar-refractivity contribution < 1.29 is 9.47 Å². The highest BCUT2D eigenvalue weighted by Gasteiger charge is 2.19. The maximum atomic E-state index is 5.92. The van der Waals surface area contributed by atoms with Gasteiger partial charge >= 0.3 is 0 Å². The molecule has 5 heteroatoms. The van der Waals surface area contributed by atoms with Crippen molar-refractivity contribution in [1.29, 1.82) is 0 Å². The van der Waals surface area contributed by atoms with E-state index < -0.39 is 0 Å². The number of anilines is 1. The first-order valence-electron chi connectivity index (χ1n) is 9.97. The number of piperidine rings is 1. The molecule has 0 bridgehead atoms. The zero-order valence-electron chi connectivity index (χ0n) is 16.5. The number of hydrogen-bond acceptors (Lipinski definition) is 5. The lowest BCUT2D eigenvalue weighted by Gasteiger charge is -2.33. The van der Waals surface area contributed by atoms with Crippen LogP contribution in [-0.4, -0.2) is 42.7 Å². The van der Waals surface area contributed by atoms with E-state index in [0.717, 1.165) is 69.1 Å². The molecule has 0 radical (unpaired) electrons. The Hall–Kier alpha value is -2.27. The van der Waals surface area contributed by atoms with Crippen LogP contribution < -0.4 is 14.8 Å². The van der Waals surface area contributed by atoms with Crippen LogP contribution in [0.3, 0.4) is 0 Å². The number of unbranched alkanes of at least 4 members (excludes halogenated alkanes) is 1. The third kappa shape index (κ3) is 5.86. The summed E-state index contributed by atoms with van der Waals surface area (Å²) in [5.74, 6) is 1.67. The Kier molecular flexibility index (Phi) is 7.34. The number of aromatic nitrogens is 1. The summed E-state index contributed by atoms with van der Waals surface area (Å²) in [6.45, 7) is 6.05. The molecule has 2 heterocycles. The summed E-state index contributed by atoms with van der Waals surface area (Å²) < 4.78 is 11.4. The van der Waals surface area contributed by atoms with Gasteiger partial charge in [0.25, 0.3) is 0 Å². The zero-order valence-corrected chi connectivity index (χ0v) is 16.5. The van der Waals surface area contributed by atoms with Gasteiger partial charge in [-0.05, 0) is 49.1 Å². The van der Waals surface area contributed by atoms with Crippen molar-refractivity contribution in [3.05, 3.63) is 48.3 Å². The van der Waals surface area contributed by atoms with Crippen molar-refractivity contribution in [2.24, 2.45) is 0 Å². The lowest BCUT2D eigenvalue weighted by molar-refractivity contribution is 0.210. The quantitative estimate of drug-likeness (QED) is 0.666. The van der Waals surface area contributed by atoms with Crippen LogP contribution in [0.1, 0.15) is 38.2 Å². The summed E-state index contributed by atoms with van der Waals surface area (Å²) in [4.78, 5) is 6.69. The summed E-state index contributed by atoms with van der Waals surface area (Å²) >= 11 is 0. The number of nitrogens with zero attached hydrogens (tertiary/aromatic N) is 2. The number of methoxy groups -OCH3 is 1. The summed E-state index contributed by atoms with van der Waals surface area (Å²) in [6.07, 6.45) is 8.18. The number of nitrogens with one attached hydrogen (secondary N) is 1. The van der Waals surface area contributed by atoms with E-state index in [9.17, 15) is 0 Å². The summed E-state index contributed by atoms with van der Waals surface area (Å²) in [7, 11) is 1.70. The molecule has 5 nitrogen and oxygen atoms in total. The van der Waals surface area contributed by atoms with Gasteiger partial charge in [0.2, 0.25) is 0 Å². The van der Waals surface area contributed by atoms with Gasteiger partial charge < -0.3 is 14.8 Å². The van der Waals surface area contributed by atoms with Crippen LogP contribution in [-0.2, 0) is 6.54 Å². The fourth-order valence-electron chi connectivity index (χ4n) is 3.44. The molecule has 1 aromatic carbocycles. The third-order valence-electron chi connectivity index (χ3n) is 5.01. The average Bonchev–Trinajstić information content (AvgIpc) is 2.71. The van der Waals surface area contributed by atoms with E-state index in [4.69, 9.17) is 9.47 Å². The number of benzene rings is 1. The molecule has 0 unspecified atom stereocenters. The zero-order chi connectivity index (χ0) is 18.9. The first-order valence-corrected chi connectivity index (χ1v) is 9.97. The molecule has 1 aliphatic heterocycles. The van der Waals surface area contributed by atoms with E-state index in [1.165, 1.54) is 5.56 Å². The van der Waals surface area contributed by atoms with E-state index >= 15 is 0 Å². The SMILES string of the molecule is CCCCOc1cc(CN2CCC(Nc3cccnc3)CC2)ccc1OC. The second-order valence-electron chi connectivity index (χ2n) is 7.12. The topological polar surface area (TPSA) is 46.6 Å². The Balaban J connectivity index is 1.51. The Bertz CT molecular complexity index is 685. The lowest BCUT2D eigenvalue weighted by atomic mass is 10.0. The highest BCUT2D eigenvalue weighted by Crippen LogP contribution is 2.29. The van der Waals surface area contributed by atoms with Gasteiger partial charge in [-0.1, -0.05) is 19.4 Å². The van der Waals surface area contributed by atoms with Gasteiger partial charge in [-0.15, -0.1) is 0 Å². The summed E-state index contributed by atoms with van der Waals surface area (Å²) in [5.41, 5.74) is 2.39. The van der Waals surface area contributed by atoms with Crippen LogP contribution in [0.4, 0.5) is 5.69 Å². The van der Waals surface area contributed by atoms with E-state index in [1.54, 1.807) is 7.11 Å². The highest BCUT2D eigenvalue weighted by molar-refractivity contribution is 5.43. The normalized spacial score (nSPS) is 15.5. The monoisotopic (exact) mass is 369 g/mol. The van der Waals surface area contributed by atoms with Gasteiger partial charge in [-0.2, -0.15) is 0 Å². The van der Waals surface area contributed by atoms with Crippen LogP contribution in [0.15, 0.2) is 42.7 Å². The standard InChI is InChI=1S/C22H31N3O2/c1-3-4-14-27-22-15-18(7-8-21(22)26-2)17-25-12-9-19(10-13-25)24-20-6-5-11-23-16-20/h5-8,11,15-16,19,24H,3-4,9-10,12-14,17H2,1-2H3. The van der Waals surface area contributed by atoms with E-state index in [-0.39, 0.29) is 0 Å². The molecule has 1 N–H and O–H groups in total. The Morgan fingerprint density at radius 2 is 2.04 bits per heavy atom. The smallest absolute Gasteiger partial charge is 0.161 e. The number of pyridine rings is 1. The van der Waals surface area contributed by atoms with Crippen LogP contribution in [0.2, 0.25) is 0 Å². The third-order valence-corrected chi connectivity index (χ3v) is 5.01. The molecule has 1 saturated heterocycles. The average molecular weight is 370 g/mol. The Morgan fingerprint density at radius 1 is 1.19 bits per heavy atom. The van der Waals surface area contributed by atoms with E-state index in [1.807, 2.05) is 24.5 Å². The van der Waals surface area contributed by atoms with E-state index in [0.29, 0.717) is 6.04 Å². The molecule has 0 aliphatic carbocycles. The molecule has 1 aromatic heterocycles. The van der Waals surface area contributed by atoms with Gasteiger partial charge in [0.1, 0.15) is 0 Å². The molecule has 0 saturated carbocycles. The number of hydrogen-bond donors (Lipinski definition) is 1. The van der Waals surface area contributed by atoms with Crippen LogP contribution in [0.25, 0.3) is 0 Å². The van der Waals surface area contributed by atoms with Crippen molar-refractivity contribution in [3.8, 4) is 11.5 Å². The van der Waals surface area contributed by atoms with Crippen molar-refractivity contribution in [3.63, 3.8) is 0 Å². The number of likely N-dealkylation sites (tertiary alicyclic amines) is 1. The largest absolute Gasteiger partial charge is 0.493 e. The number of rotatable bonds is 9. The molecule has 1 aliphatic rings. The maximum Gasteiger partial charge on any atom is 0.161 e. The fraction of sp³-hybridized carbons (Fsp3) is 0.500. The molecule has 0 atom stereocenters. The predicted octanol–water partition coefficient (Wildman–Crippen LogP) is 4.35. The van der Waals surface area contributed by atoms with Crippen molar-refractivity contribution in [2.45, 2.75) is 45.2 Å².